The first-order chi connectivity index (χ1) is 8.85. The molecule has 1 rings (SSSR count). The average Bonchev–Trinajstić information content (AvgIpc) is 2.35. The molecule has 0 amide bonds. The maximum Gasteiger partial charge on any atom is 0.267 e. The first-order valence-electron chi connectivity index (χ1n) is 5.99. The van der Waals surface area contributed by atoms with Crippen LogP contribution in [0.25, 0.3) is 0 Å². The van der Waals surface area contributed by atoms with Crippen LogP contribution in [0.5, 0.6) is 0 Å². The summed E-state index contributed by atoms with van der Waals surface area (Å²) in [6.07, 6.45) is 2.26. The van der Waals surface area contributed by atoms with E-state index in [0.29, 0.717) is 31.2 Å². The van der Waals surface area contributed by atoms with Gasteiger partial charge in [-0.1, -0.05) is 6.42 Å². The van der Waals surface area contributed by atoms with Gasteiger partial charge in [-0.2, -0.15) is 0 Å². The van der Waals surface area contributed by atoms with E-state index >= 15 is 0 Å². The molecule has 0 saturated carbocycles. The molecule has 0 bridgehead atoms. The molecule has 1 aromatic rings. The van der Waals surface area contributed by atoms with Crippen LogP contribution in [0.4, 0.5) is 13.2 Å². The highest BCUT2D eigenvalue weighted by atomic mass is 28.2. The molecule has 0 aromatic heterocycles. The number of halogens is 3. The summed E-state index contributed by atoms with van der Waals surface area (Å²) in [5.74, 6) is -5.91. The van der Waals surface area contributed by atoms with Gasteiger partial charge in [0.2, 0.25) is 0 Å². The molecule has 7 heteroatoms. The summed E-state index contributed by atoms with van der Waals surface area (Å²) in [4.78, 5) is 0. The second kappa shape index (κ2) is 7.04. The minimum atomic E-state index is -2.07. The molecule has 0 aliphatic rings. The maximum atomic E-state index is 12.9. The van der Waals surface area contributed by atoms with Gasteiger partial charge in [-0.3, -0.25) is 0 Å². The minimum Gasteiger partial charge on any atom is -0.381 e. The number of hydrogen-bond acceptors (Lipinski definition) is 3. The summed E-state index contributed by atoms with van der Waals surface area (Å²) in [6.45, 7) is 0. The van der Waals surface area contributed by atoms with Crippen molar-refractivity contribution in [2.45, 2.75) is 38.1 Å². The fourth-order valence-electron chi connectivity index (χ4n) is 1.72. The summed E-state index contributed by atoms with van der Waals surface area (Å²) in [5.41, 5.74) is 0.384. The van der Waals surface area contributed by atoms with Gasteiger partial charge < -0.3 is 14.6 Å². The highest BCUT2D eigenvalue weighted by Crippen LogP contribution is 2.17. The predicted molar refractivity (Wildman–Crippen MR) is 66.7 cm³/mol. The Balaban J connectivity index is 2.34. The SMILES string of the molecule is OC(O)(CCCCCc1cc(F)c(F)c(F)c1)O[SiH3]. The van der Waals surface area contributed by atoms with Crippen LogP contribution in [-0.2, 0) is 10.8 Å². The largest absolute Gasteiger partial charge is 0.381 e. The molecule has 0 saturated heterocycles. The normalized spacial score (nSPS) is 12.1. The lowest BCUT2D eigenvalue weighted by Crippen LogP contribution is -2.30. The van der Waals surface area contributed by atoms with Crippen LogP contribution >= 0.6 is 0 Å². The van der Waals surface area contributed by atoms with Gasteiger partial charge in [0.1, 0.15) is 0 Å². The molecular formula is C12H17F3O3Si. The molecule has 0 spiro atoms. The first-order valence-corrected chi connectivity index (χ1v) is 6.80. The predicted octanol–water partition coefficient (Wildman–Crippen LogP) is 1.14. The van der Waals surface area contributed by atoms with Crippen LogP contribution in [0.1, 0.15) is 31.2 Å². The van der Waals surface area contributed by atoms with Gasteiger partial charge in [0, 0.05) is 6.42 Å². The van der Waals surface area contributed by atoms with E-state index in [9.17, 15) is 23.4 Å². The molecule has 3 nitrogen and oxygen atoms in total. The van der Waals surface area contributed by atoms with Crippen LogP contribution in [0.15, 0.2) is 12.1 Å². The van der Waals surface area contributed by atoms with E-state index in [1.807, 2.05) is 0 Å². The van der Waals surface area contributed by atoms with Crippen molar-refractivity contribution >= 4 is 10.5 Å². The Morgan fingerprint density at radius 1 is 1.05 bits per heavy atom. The van der Waals surface area contributed by atoms with Gasteiger partial charge in [-0.15, -0.1) is 0 Å². The lowest BCUT2D eigenvalue weighted by atomic mass is 10.1. The van der Waals surface area contributed by atoms with Crippen LogP contribution in [0, 0.1) is 17.5 Å². The molecule has 0 unspecified atom stereocenters. The molecule has 1 aromatic carbocycles. The van der Waals surface area contributed by atoms with E-state index in [-0.39, 0.29) is 16.9 Å². The van der Waals surface area contributed by atoms with Crippen molar-refractivity contribution in [3.8, 4) is 0 Å². The van der Waals surface area contributed by atoms with Gasteiger partial charge >= 0.3 is 0 Å². The Bertz CT molecular complexity index is 404. The lowest BCUT2D eigenvalue weighted by molar-refractivity contribution is -0.295. The molecule has 19 heavy (non-hydrogen) atoms. The van der Waals surface area contributed by atoms with Crippen molar-refractivity contribution < 1.29 is 27.8 Å². The average molecular weight is 294 g/mol. The topological polar surface area (TPSA) is 49.7 Å². The second-order valence-electron chi connectivity index (χ2n) is 4.38. The summed E-state index contributed by atoms with van der Waals surface area (Å²) in [6, 6.07) is 1.95. The van der Waals surface area contributed by atoms with E-state index < -0.39 is 23.4 Å². The fourth-order valence-corrected chi connectivity index (χ4v) is 1.92. The van der Waals surface area contributed by atoms with Crippen molar-refractivity contribution in [1.29, 1.82) is 0 Å². The minimum absolute atomic E-state index is 0.0860. The van der Waals surface area contributed by atoms with Crippen molar-refractivity contribution in [2.24, 2.45) is 0 Å². The third-order valence-electron chi connectivity index (χ3n) is 2.84. The summed E-state index contributed by atoms with van der Waals surface area (Å²) in [7, 11) is 0.225. The number of rotatable bonds is 7. The molecule has 0 radical (unpaired) electrons. The summed E-state index contributed by atoms with van der Waals surface area (Å²) >= 11 is 0. The molecule has 0 aliphatic heterocycles. The van der Waals surface area contributed by atoms with Crippen LogP contribution in [-0.4, -0.2) is 26.7 Å². The van der Waals surface area contributed by atoms with Crippen LogP contribution < -0.4 is 0 Å². The molecule has 108 valence electrons. The van der Waals surface area contributed by atoms with E-state index in [0.717, 1.165) is 12.1 Å². The fraction of sp³-hybridized carbons (Fsp3) is 0.500. The summed E-state index contributed by atoms with van der Waals surface area (Å²) in [5, 5.41) is 18.3. The molecule has 0 atom stereocenters. The Kier molecular flexibility index (Phi) is 5.99. The van der Waals surface area contributed by atoms with Gasteiger partial charge in [0.25, 0.3) is 5.97 Å². The van der Waals surface area contributed by atoms with Crippen LogP contribution in [0.2, 0.25) is 0 Å². The maximum absolute atomic E-state index is 12.9. The standard InChI is InChI=1S/C12H17F3O3Si/c13-9-6-8(7-10(14)11(9)15)4-2-1-3-5-12(16,17)18-19/h6-7,16-17H,1-5H2,19H3. The third kappa shape index (κ3) is 5.31. The molecule has 0 heterocycles. The molecule has 0 aliphatic carbocycles. The Hall–Kier alpha value is -0.893. The number of aliphatic hydroxyl groups is 2. The quantitative estimate of drug-likeness (QED) is 0.343. The van der Waals surface area contributed by atoms with Gasteiger partial charge in [-0.25, -0.2) is 13.2 Å². The molecule has 0 fully saturated rings. The van der Waals surface area contributed by atoms with Crippen LogP contribution in [0.3, 0.4) is 0 Å². The van der Waals surface area contributed by atoms with E-state index in [1.165, 1.54) is 0 Å². The van der Waals surface area contributed by atoms with E-state index in [4.69, 9.17) is 0 Å². The van der Waals surface area contributed by atoms with Crippen molar-refractivity contribution in [3.05, 3.63) is 35.1 Å². The van der Waals surface area contributed by atoms with E-state index in [1.54, 1.807) is 0 Å². The highest BCUT2D eigenvalue weighted by Gasteiger charge is 2.20. The van der Waals surface area contributed by atoms with Gasteiger partial charge in [0.15, 0.2) is 27.9 Å². The zero-order valence-corrected chi connectivity index (χ0v) is 12.6. The van der Waals surface area contributed by atoms with Gasteiger partial charge in [0.05, 0.1) is 0 Å². The second-order valence-corrected chi connectivity index (χ2v) is 4.79. The molecule has 2 N–H and O–H groups in total. The highest BCUT2D eigenvalue weighted by molar-refractivity contribution is 5.98. The monoisotopic (exact) mass is 294 g/mol. The lowest BCUT2D eigenvalue weighted by Gasteiger charge is -2.19. The third-order valence-corrected chi connectivity index (χ3v) is 3.49. The number of aryl methyl sites for hydroxylation is 1. The summed E-state index contributed by atoms with van der Waals surface area (Å²) < 4.78 is 43.1. The molecular weight excluding hydrogens is 277 g/mol. The van der Waals surface area contributed by atoms with Crippen molar-refractivity contribution in [3.63, 3.8) is 0 Å². The zero-order chi connectivity index (χ0) is 14.5. The van der Waals surface area contributed by atoms with Crippen molar-refractivity contribution in [1.82, 2.24) is 0 Å². The number of hydrogen-bond donors (Lipinski definition) is 2. The first kappa shape index (κ1) is 16.2. The Labute approximate surface area is 112 Å². The number of benzene rings is 1. The Morgan fingerprint density at radius 3 is 2.16 bits per heavy atom. The van der Waals surface area contributed by atoms with E-state index in [2.05, 4.69) is 4.43 Å². The zero-order valence-electron chi connectivity index (χ0n) is 10.6. The van der Waals surface area contributed by atoms with Gasteiger partial charge in [-0.05, 0) is 37.0 Å². The Morgan fingerprint density at radius 2 is 1.63 bits per heavy atom. The number of unbranched alkanes of at least 4 members (excludes halogenated alkanes) is 2. The smallest absolute Gasteiger partial charge is 0.267 e. The van der Waals surface area contributed by atoms with Crippen molar-refractivity contribution in [2.75, 3.05) is 0 Å².